The molecule has 1 aliphatic heterocycles. The normalized spacial score (nSPS) is 14.3. The van der Waals surface area contributed by atoms with Crippen LogP contribution in [0.25, 0.3) is 0 Å². The van der Waals surface area contributed by atoms with E-state index in [1.807, 2.05) is 13.0 Å². The fraction of sp³-hybridized carbons (Fsp3) is 0.333. The number of anilines is 1. The Bertz CT molecular complexity index is 294. The molecule has 2 heteroatoms. The maximum absolute atomic E-state index is 9.36. The first kappa shape index (κ1) is 6.53. The van der Waals surface area contributed by atoms with Gasteiger partial charge >= 0.3 is 0 Å². The lowest BCUT2D eigenvalue weighted by Crippen LogP contribution is -1.90. The zero-order chi connectivity index (χ0) is 7.84. The van der Waals surface area contributed by atoms with E-state index in [1.54, 1.807) is 6.07 Å². The number of hydrogen-bond donors (Lipinski definition) is 2. The van der Waals surface area contributed by atoms with Crippen LogP contribution in [0.1, 0.15) is 11.1 Å². The van der Waals surface area contributed by atoms with Crippen LogP contribution in [0.5, 0.6) is 5.75 Å². The summed E-state index contributed by atoms with van der Waals surface area (Å²) in [4.78, 5) is 0. The molecule has 1 aliphatic rings. The number of fused-ring (bicyclic) bond motifs is 1. The van der Waals surface area contributed by atoms with E-state index in [0.29, 0.717) is 5.75 Å². The average Bonchev–Trinajstić information content (AvgIpc) is 2.45. The van der Waals surface area contributed by atoms with E-state index < -0.39 is 0 Å². The van der Waals surface area contributed by atoms with E-state index in [2.05, 4.69) is 5.32 Å². The van der Waals surface area contributed by atoms with Crippen molar-refractivity contribution in [2.24, 2.45) is 0 Å². The van der Waals surface area contributed by atoms with Crippen LogP contribution >= 0.6 is 0 Å². The molecule has 2 nitrogen and oxygen atoms in total. The molecule has 0 unspecified atom stereocenters. The van der Waals surface area contributed by atoms with E-state index in [4.69, 9.17) is 0 Å². The molecule has 1 aromatic rings. The van der Waals surface area contributed by atoms with Crippen LogP contribution in [0.15, 0.2) is 12.1 Å². The third-order valence-corrected chi connectivity index (χ3v) is 2.26. The van der Waals surface area contributed by atoms with Crippen LogP contribution in [-0.2, 0) is 6.42 Å². The predicted molar refractivity (Wildman–Crippen MR) is 45.0 cm³/mol. The molecule has 11 heavy (non-hydrogen) atoms. The van der Waals surface area contributed by atoms with Gasteiger partial charge in [-0.25, -0.2) is 0 Å². The van der Waals surface area contributed by atoms with Crippen LogP contribution in [-0.4, -0.2) is 11.7 Å². The second-order valence-corrected chi connectivity index (χ2v) is 2.91. The van der Waals surface area contributed by atoms with Crippen molar-refractivity contribution >= 4 is 5.69 Å². The van der Waals surface area contributed by atoms with E-state index in [0.717, 1.165) is 18.5 Å². The topological polar surface area (TPSA) is 32.3 Å². The Balaban J connectivity index is 2.62. The second kappa shape index (κ2) is 2.16. The van der Waals surface area contributed by atoms with Crippen molar-refractivity contribution in [2.45, 2.75) is 13.3 Å². The van der Waals surface area contributed by atoms with Crippen LogP contribution in [0.3, 0.4) is 0 Å². The molecule has 0 fully saturated rings. The van der Waals surface area contributed by atoms with Gasteiger partial charge in [-0.3, -0.25) is 0 Å². The minimum absolute atomic E-state index is 0.410. The van der Waals surface area contributed by atoms with E-state index in [-0.39, 0.29) is 0 Å². The molecular weight excluding hydrogens is 138 g/mol. The zero-order valence-corrected chi connectivity index (χ0v) is 6.52. The lowest BCUT2D eigenvalue weighted by atomic mass is 10.1. The number of aromatic hydroxyl groups is 1. The van der Waals surface area contributed by atoms with Crippen LogP contribution < -0.4 is 5.32 Å². The number of rotatable bonds is 0. The van der Waals surface area contributed by atoms with Gasteiger partial charge in [0.1, 0.15) is 5.75 Å². The molecule has 0 amide bonds. The van der Waals surface area contributed by atoms with Gasteiger partial charge in [0.05, 0.1) is 0 Å². The molecule has 0 saturated heterocycles. The van der Waals surface area contributed by atoms with Gasteiger partial charge in [-0.2, -0.15) is 0 Å². The van der Waals surface area contributed by atoms with Crippen molar-refractivity contribution in [1.29, 1.82) is 0 Å². The quantitative estimate of drug-likeness (QED) is 0.550. The van der Waals surface area contributed by atoms with E-state index in [9.17, 15) is 5.11 Å². The third-order valence-electron chi connectivity index (χ3n) is 2.26. The summed E-state index contributed by atoms with van der Waals surface area (Å²) >= 11 is 0. The zero-order valence-electron chi connectivity index (χ0n) is 6.52. The number of phenols is 1. The average molecular weight is 149 g/mol. The van der Waals surface area contributed by atoms with Gasteiger partial charge in [-0.05, 0) is 36.6 Å². The molecule has 58 valence electrons. The minimum atomic E-state index is 0.410. The second-order valence-electron chi connectivity index (χ2n) is 2.91. The number of nitrogens with one attached hydrogen (secondary N) is 1. The Morgan fingerprint density at radius 3 is 3.09 bits per heavy atom. The van der Waals surface area contributed by atoms with Crippen molar-refractivity contribution in [1.82, 2.24) is 0 Å². The Kier molecular flexibility index (Phi) is 1.28. The molecule has 2 rings (SSSR count). The molecule has 1 heterocycles. The summed E-state index contributed by atoms with van der Waals surface area (Å²) in [5.41, 5.74) is 3.47. The van der Waals surface area contributed by atoms with Crippen LogP contribution in [0.2, 0.25) is 0 Å². The van der Waals surface area contributed by atoms with Crippen molar-refractivity contribution in [3.63, 3.8) is 0 Å². The molecule has 0 aromatic heterocycles. The van der Waals surface area contributed by atoms with Crippen molar-refractivity contribution < 1.29 is 5.11 Å². The fourth-order valence-corrected chi connectivity index (χ4v) is 1.55. The van der Waals surface area contributed by atoms with E-state index in [1.165, 1.54) is 11.3 Å². The molecule has 0 atom stereocenters. The Morgan fingerprint density at radius 1 is 1.45 bits per heavy atom. The third kappa shape index (κ3) is 0.862. The molecule has 0 radical (unpaired) electrons. The first-order valence-electron chi connectivity index (χ1n) is 3.84. The van der Waals surface area contributed by atoms with Gasteiger partial charge in [-0.15, -0.1) is 0 Å². The SMILES string of the molecule is Cc1c(O)ccc2c1CCN2. The maximum atomic E-state index is 9.36. The molecule has 0 spiro atoms. The van der Waals surface area contributed by atoms with Crippen LogP contribution in [0, 0.1) is 6.92 Å². The predicted octanol–water partition coefficient (Wildman–Crippen LogP) is 1.67. The van der Waals surface area contributed by atoms with Crippen LogP contribution in [0.4, 0.5) is 5.69 Å². The molecule has 1 aromatic carbocycles. The smallest absolute Gasteiger partial charge is 0.118 e. The number of hydrogen-bond acceptors (Lipinski definition) is 2. The first-order chi connectivity index (χ1) is 5.29. The minimum Gasteiger partial charge on any atom is -0.508 e. The molecule has 0 saturated carbocycles. The van der Waals surface area contributed by atoms with E-state index >= 15 is 0 Å². The molecule has 2 N–H and O–H groups in total. The Hall–Kier alpha value is -1.18. The van der Waals surface area contributed by atoms with Gasteiger partial charge in [0.25, 0.3) is 0 Å². The Labute approximate surface area is 65.9 Å². The monoisotopic (exact) mass is 149 g/mol. The molecule has 0 aliphatic carbocycles. The lowest BCUT2D eigenvalue weighted by molar-refractivity contribution is 0.470. The Morgan fingerprint density at radius 2 is 2.27 bits per heavy atom. The fourth-order valence-electron chi connectivity index (χ4n) is 1.55. The first-order valence-corrected chi connectivity index (χ1v) is 3.84. The highest BCUT2D eigenvalue weighted by Gasteiger charge is 2.13. The largest absolute Gasteiger partial charge is 0.508 e. The van der Waals surface area contributed by atoms with Gasteiger partial charge < -0.3 is 10.4 Å². The van der Waals surface area contributed by atoms with Gasteiger partial charge in [0, 0.05) is 12.2 Å². The number of phenolic OH excluding ortho intramolecular Hbond substituents is 1. The summed E-state index contributed by atoms with van der Waals surface area (Å²) in [7, 11) is 0. The summed E-state index contributed by atoms with van der Waals surface area (Å²) in [6.45, 7) is 2.96. The summed E-state index contributed by atoms with van der Waals surface area (Å²) in [5, 5.41) is 12.6. The molecular formula is C9H11NO. The summed E-state index contributed by atoms with van der Waals surface area (Å²) in [5.74, 6) is 0.410. The van der Waals surface area contributed by atoms with Crippen molar-refractivity contribution in [3.05, 3.63) is 23.3 Å². The maximum Gasteiger partial charge on any atom is 0.118 e. The number of benzene rings is 1. The highest BCUT2D eigenvalue weighted by Crippen LogP contribution is 2.30. The highest BCUT2D eigenvalue weighted by atomic mass is 16.3. The summed E-state index contributed by atoms with van der Waals surface area (Å²) in [6.07, 6.45) is 1.04. The van der Waals surface area contributed by atoms with Gasteiger partial charge in [-0.1, -0.05) is 0 Å². The lowest BCUT2D eigenvalue weighted by Gasteiger charge is -2.04. The van der Waals surface area contributed by atoms with Crippen molar-refractivity contribution in [3.8, 4) is 5.75 Å². The molecule has 0 bridgehead atoms. The summed E-state index contributed by atoms with van der Waals surface area (Å²) < 4.78 is 0. The summed E-state index contributed by atoms with van der Waals surface area (Å²) in [6, 6.07) is 3.68. The van der Waals surface area contributed by atoms with Gasteiger partial charge in [0.2, 0.25) is 0 Å². The highest BCUT2D eigenvalue weighted by molar-refractivity contribution is 5.61. The van der Waals surface area contributed by atoms with Crippen molar-refractivity contribution in [2.75, 3.05) is 11.9 Å². The standard InChI is InChI=1S/C9H11NO/c1-6-7-4-5-10-8(7)2-3-9(6)11/h2-3,10-11H,4-5H2,1H3. The van der Waals surface area contributed by atoms with Gasteiger partial charge in [0.15, 0.2) is 0 Å².